The van der Waals surface area contributed by atoms with Crippen LogP contribution < -0.4 is 10.6 Å². The molecular weight excluding hydrogens is 520 g/mol. The van der Waals surface area contributed by atoms with Crippen LogP contribution in [0.2, 0.25) is 0 Å². The Morgan fingerprint density at radius 3 is 1.51 bits per heavy atom. The Hall–Kier alpha value is -3.76. The monoisotopic (exact) mass is 562 g/mol. The van der Waals surface area contributed by atoms with Crippen molar-refractivity contribution in [3.05, 3.63) is 70.8 Å². The van der Waals surface area contributed by atoms with E-state index in [-0.39, 0.29) is 23.6 Å². The number of amides is 4. The maximum atomic E-state index is 13.2. The fraction of sp³-hybridized carbons (Fsp3) is 0.484. The minimum absolute atomic E-state index is 0.0347. The molecule has 4 amide bonds. The highest BCUT2D eigenvalue weighted by Crippen LogP contribution is 2.19. The molecule has 41 heavy (non-hydrogen) atoms. The van der Waals surface area contributed by atoms with Gasteiger partial charge in [-0.25, -0.2) is 0 Å². The van der Waals surface area contributed by atoms with Crippen molar-refractivity contribution in [3.8, 4) is 0 Å². The second kappa shape index (κ2) is 13.3. The van der Waals surface area contributed by atoms with Gasteiger partial charge in [0.05, 0.1) is 5.54 Å². The summed E-state index contributed by atoms with van der Waals surface area (Å²) >= 11 is 0. The van der Waals surface area contributed by atoms with Crippen molar-refractivity contribution in [1.82, 2.24) is 30.2 Å². The number of hydrogen-bond acceptors (Lipinski definition) is 6. The van der Waals surface area contributed by atoms with Gasteiger partial charge in [0.15, 0.2) is 0 Å². The number of nitrogens with zero attached hydrogens (tertiary/aromatic N) is 4. The Morgan fingerprint density at radius 2 is 1.07 bits per heavy atom. The predicted octanol–water partition coefficient (Wildman–Crippen LogP) is 1.56. The molecule has 10 heteroatoms. The number of carbonyl (C=O) groups is 4. The lowest BCUT2D eigenvalue weighted by Gasteiger charge is -2.43. The fourth-order valence-electron chi connectivity index (χ4n) is 5.14. The highest BCUT2D eigenvalue weighted by Gasteiger charge is 2.37. The van der Waals surface area contributed by atoms with Crippen LogP contribution in [0.5, 0.6) is 0 Å². The van der Waals surface area contributed by atoms with E-state index in [0.29, 0.717) is 50.4 Å². The lowest BCUT2D eigenvalue weighted by molar-refractivity contribution is -0.132. The second-order valence-electron chi connectivity index (χ2n) is 11.4. The zero-order chi connectivity index (χ0) is 29.6. The maximum Gasteiger partial charge on any atom is 0.253 e. The molecule has 0 bridgehead atoms. The van der Waals surface area contributed by atoms with Crippen LogP contribution in [0.1, 0.15) is 52.6 Å². The van der Waals surface area contributed by atoms with Crippen molar-refractivity contribution in [1.29, 1.82) is 0 Å². The lowest BCUT2D eigenvalue weighted by Crippen LogP contribution is -2.61. The summed E-state index contributed by atoms with van der Waals surface area (Å²) in [5.41, 5.74) is 2.40. The van der Waals surface area contributed by atoms with Crippen molar-refractivity contribution in [2.45, 2.75) is 39.4 Å². The van der Waals surface area contributed by atoms with Crippen molar-refractivity contribution in [2.75, 3.05) is 59.4 Å². The molecule has 220 valence electrons. The number of carbonyl (C=O) groups excluding carboxylic acids is 4. The van der Waals surface area contributed by atoms with E-state index >= 15 is 0 Å². The Morgan fingerprint density at radius 1 is 0.659 bits per heavy atom. The Kier molecular flexibility index (Phi) is 9.77. The van der Waals surface area contributed by atoms with Crippen molar-refractivity contribution < 1.29 is 19.2 Å². The zero-order valence-electron chi connectivity index (χ0n) is 24.6. The van der Waals surface area contributed by atoms with Gasteiger partial charge in [-0.05, 0) is 56.3 Å². The molecule has 4 rings (SSSR count). The van der Waals surface area contributed by atoms with Gasteiger partial charge in [-0.3, -0.25) is 24.1 Å². The normalized spacial score (nSPS) is 16.8. The minimum Gasteiger partial charge on any atom is -0.352 e. The molecule has 2 N–H and O–H groups in total. The summed E-state index contributed by atoms with van der Waals surface area (Å²) in [5.74, 6) is -0.160. The number of nitrogens with one attached hydrogen (secondary N) is 2. The minimum atomic E-state index is -0.738. The summed E-state index contributed by atoms with van der Waals surface area (Å²) in [4.78, 5) is 58.1. The third kappa shape index (κ3) is 7.71. The summed E-state index contributed by atoms with van der Waals surface area (Å²) in [6.07, 6.45) is 0. The van der Waals surface area contributed by atoms with Gasteiger partial charge in [0, 0.05) is 83.5 Å². The Labute approximate surface area is 242 Å². The molecule has 0 saturated carbocycles. The van der Waals surface area contributed by atoms with E-state index < -0.39 is 5.54 Å². The summed E-state index contributed by atoms with van der Waals surface area (Å²) in [6, 6.07) is 14.7. The van der Waals surface area contributed by atoms with Crippen LogP contribution in [0.4, 0.5) is 0 Å². The molecule has 0 spiro atoms. The van der Waals surface area contributed by atoms with Crippen LogP contribution >= 0.6 is 0 Å². The van der Waals surface area contributed by atoms with Crippen molar-refractivity contribution >= 4 is 23.6 Å². The van der Waals surface area contributed by atoms with E-state index in [1.54, 1.807) is 12.1 Å². The van der Waals surface area contributed by atoms with Gasteiger partial charge in [-0.2, -0.15) is 0 Å². The van der Waals surface area contributed by atoms with Gasteiger partial charge in [-0.1, -0.05) is 24.3 Å². The number of benzene rings is 2. The molecule has 10 nitrogen and oxygen atoms in total. The quantitative estimate of drug-likeness (QED) is 0.506. The fourth-order valence-corrected chi connectivity index (χ4v) is 5.14. The van der Waals surface area contributed by atoms with E-state index in [1.807, 2.05) is 60.0 Å². The smallest absolute Gasteiger partial charge is 0.253 e. The third-order valence-corrected chi connectivity index (χ3v) is 8.10. The average molecular weight is 563 g/mol. The molecule has 2 aromatic carbocycles. The SMILES string of the molecule is CC(=O)NCc1ccc(C(=O)N2CCN(C(C)(C)C(=O)NCc3ccc(C(=O)N4CCN(C)CC4)cc3)CC2)cc1. The van der Waals surface area contributed by atoms with Crippen molar-refractivity contribution in [3.63, 3.8) is 0 Å². The van der Waals surface area contributed by atoms with Crippen LogP contribution in [-0.2, 0) is 22.7 Å². The highest BCUT2D eigenvalue weighted by atomic mass is 16.2. The highest BCUT2D eigenvalue weighted by molar-refractivity contribution is 5.95. The zero-order valence-corrected chi connectivity index (χ0v) is 24.6. The van der Waals surface area contributed by atoms with Gasteiger partial charge < -0.3 is 25.3 Å². The van der Waals surface area contributed by atoms with E-state index in [0.717, 1.165) is 37.3 Å². The van der Waals surface area contributed by atoms with E-state index in [1.165, 1.54) is 6.92 Å². The topological polar surface area (TPSA) is 105 Å². The molecule has 0 radical (unpaired) electrons. The van der Waals surface area contributed by atoms with Crippen LogP contribution in [0, 0.1) is 0 Å². The van der Waals surface area contributed by atoms with Crippen LogP contribution in [-0.4, -0.2) is 108 Å². The molecule has 0 unspecified atom stereocenters. The number of likely N-dealkylation sites (N-methyl/N-ethyl adjacent to an activating group) is 1. The molecule has 2 saturated heterocycles. The summed E-state index contributed by atoms with van der Waals surface area (Å²) in [5, 5.41) is 5.80. The standard InChI is InChI=1S/C31H42N6O4/c1-23(38)32-21-24-5-9-27(10-6-24)29(40)36-17-19-37(20-18-36)31(2,3)30(41)33-22-25-7-11-26(12-8-25)28(39)35-15-13-34(4)14-16-35/h5-12H,13-22H2,1-4H3,(H,32,38)(H,33,41). The predicted molar refractivity (Wildman–Crippen MR) is 157 cm³/mol. The first-order valence-electron chi connectivity index (χ1n) is 14.3. The molecule has 0 aromatic heterocycles. The van der Waals surface area contributed by atoms with Gasteiger partial charge >= 0.3 is 0 Å². The molecule has 0 aliphatic carbocycles. The van der Waals surface area contributed by atoms with Gasteiger partial charge in [-0.15, -0.1) is 0 Å². The first-order valence-corrected chi connectivity index (χ1v) is 14.3. The average Bonchev–Trinajstić information content (AvgIpc) is 2.99. The van der Waals surface area contributed by atoms with Gasteiger partial charge in [0.1, 0.15) is 0 Å². The summed E-state index contributed by atoms with van der Waals surface area (Å²) in [6.45, 7) is 11.6. The molecule has 2 aliphatic rings. The molecular formula is C31H42N6O4. The Bertz CT molecular complexity index is 1230. The third-order valence-electron chi connectivity index (χ3n) is 8.10. The van der Waals surface area contributed by atoms with Gasteiger partial charge in [0.2, 0.25) is 11.8 Å². The number of rotatable bonds is 8. The molecule has 0 atom stereocenters. The van der Waals surface area contributed by atoms with E-state index in [2.05, 4.69) is 27.5 Å². The summed E-state index contributed by atoms with van der Waals surface area (Å²) < 4.78 is 0. The molecule has 2 fully saturated rings. The Balaban J connectivity index is 1.24. The molecule has 2 aliphatic heterocycles. The van der Waals surface area contributed by atoms with Gasteiger partial charge in [0.25, 0.3) is 11.8 Å². The van der Waals surface area contributed by atoms with Crippen molar-refractivity contribution in [2.24, 2.45) is 0 Å². The number of piperazine rings is 2. The second-order valence-corrected chi connectivity index (χ2v) is 11.4. The first-order chi connectivity index (χ1) is 19.5. The van der Waals surface area contributed by atoms with E-state index in [9.17, 15) is 19.2 Å². The molecule has 2 heterocycles. The lowest BCUT2D eigenvalue weighted by atomic mass is 9.99. The first kappa shape index (κ1) is 30.2. The van der Waals surface area contributed by atoms with E-state index in [4.69, 9.17) is 0 Å². The van der Waals surface area contributed by atoms with Crippen LogP contribution in [0.25, 0.3) is 0 Å². The molecule has 2 aromatic rings. The summed E-state index contributed by atoms with van der Waals surface area (Å²) in [7, 11) is 2.06. The number of hydrogen-bond donors (Lipinski definition) is 2. The van der Waals surface area contributed by atoms with Crippen LogP contribution in [0.15, 0.2) is 48.5 Å². The largest absolute Gasteiger partial charge is 0.352 e. The maximum absolute atomic E-state index is 13.2. The van der Waals surface area contributed by atoms with Crippen LogP contribution in [0.3, 0.4) is 0 Å².